The van der Waals surface area contributed by atoms with Crippen molar-refractivity contribution in [3.05, 3.63) is 140 Å². The van der Waals surface area contributed by atoms with E-state index in [-0.39, 0.29) is 114 Å². The molecule has 1 saturated heterocycles. The van der Waals surface area contributed by atoms with E-state index < -0.39 is 209 Å². The second kappa shape index (κ2) is 47.2. The number of carbonyl (C=O) groups excluding carboxylic acids is 13. The third-order valence-corrected chi connectivity index (χ3v) is 18.2. The van der Waals surface area contributed by atoms with Crippen LogP contribution in [0, 0.1) is 37.0 Å². The molecular formula is C72H101N23O20. The molecule has 27 N–H and O–H groups in total. The average molecular weight is 1610 g/mol. The molecule has 4 aromatic rings. The summed E-state index contributed by atoms with van der Waals surface area (Å²) < 4.78 is 0. The van der Waals surface area contributed by atoms with E-state index in [9.17, 15) is 97.9 Å². The van der Waals surface area contributed by atoms with E-state index in [1.165, 1.54) is 12.1 Å². The lowest BCUT2D eigenvalue weighted by molar-refractivity contribution is -0.393. The summed E-state index contributed by atoms with van der Waals surface area (Å²) in [6, 6.07) is 9.65. The predicted molar refractivity (Wildman–Crippen MR) is 414 cm³/mol. The normalized spacial score (nSPS) is 14.8. The number of nitro benzene ring substituents is 2. The van der Waals surface area contributed by atoms with Crippen LogP contribution in [0.5, 0.6) is 0 Å². The Labute approximate surface area is 659 Å². The van der Waals surface area contributed by atoms with Gasteiger partial charge in [0.2, 0.25) is 70.9 Å². The molecular weight excluding hydrogens is 1510 g/mol. The zero-order valence-corrected chi connectivity index (χ0v) is 63.2. The fourth-order valence-electron chi connectivity index (χ4n) is 11.8. The second-order valence-corrected chi connectivity index (χ2v) is 26.7. The number of para-hydroxylation sites is 1. The number of likely N-dealkylation sites (tertiary alicyclic amines) is 1. The van der Waals surface area contributed by atoms with Gasteiger partial charge >= 0.3 is 0 Å². The van der Waals surface area contributed by atoms with Gasteiger partial charge in [0.15, 0.2) is 11.9 Å². The van der Waals surface area contributed by atoms with Gasteiger partial charge in [-0.2, -0.15) is 0 Å². The minimum atomic E-state index is -1.96. The zero-order chi connectivity index (χ0) is 84.8. The zero-order valence-electron chi connectivity index (χ0n) is 63.2. The molecule has 4 aromatic carbocycles. The number of nitro groups is 2. The SMILES string of the molecule is CC[C@H](C)[C@H](NC(=O)[C@H](CCCNC(=N)N)NC(=O)[C@H](CO)NC(=O)[C@H](CO)NC(=O)[C@H](CCCNC(=N)N)NC(=O)[C@H](Cc1ccccc1)NC(=O)[C@@H]1CCCN1C(=O)[C@H](CO)NC(=O)[C@H](Cc1ccccc1)NC(=O)CNC(=O)c1ccccc1N)C(=O)N[C@@H](CCC(N)=O)C(=O)NCCNc1ccc([N+](=O)[O-])cc1[N+](=O)[O-]. The highest BCUT2D eigenvalue weighted by atomic mass is 16.6. The van der Waals surface area contributed by atoms with Crippen molar-refractivity contribution in [1.29, 1.82) is 10.8 Å². The van der Waals surface area contributed by atoms with Crippen molar-refractivity contribution in [2.45, 2.75) is 145 Å². The molecule has 1 heterocycles. The lowest BCUT2D eigenvalue weighted by atomic mass is 9.96. The van der Waals surface area contributed by atoms with E-state index in [4.69, 9.17) is 33.8 Å². The number of nitrogens with one attached hydrogen (secondary N) is 16. The summed E-state index contributed by atoms with van der Waals surface area (Å²) in [7, 11) is 0. The van der Waals surface area contributed by atoms with E-state index in [1.54, 1.807) is 86.6 Å². The van der Waals surface area contributed by atoms with Crippen molar-refractivity contribution in [2.24, 2.45) is 23.1 Å². The number of hydrogen-bond donors (Lipinski definition) is 23. The van der Waals surface area contributed by atoms with Gasteiger partial charge in [-0.3, -0.25) is 93.4 Å². The molecule has 0 radical (unpaired) electrons. The highest BCUT2D eigenvalue weighted by Crippen LogP contribution is 2.29. The van der Waals surface area contributed by atoms with Gasteiger partial charge in [-0.25, -0.2) is 0 Å². The fourth-order valence-corrected chi connectivity index (χ4v) is 11.8. The summed E-state index contributed by atoms with van der Waals surface area (Å²) in [6.45, 7) is -1.30. The third-order valence-electron chi connectivity index (χ3n) is 18.2. The number of guanidine groups is 2. The van der Waals surface area contributed by atoms with Crippen LogP contribution in [-0.2, 0) is 70.4 Å². The van der Waals surface area contributed by atoms with Crippen LogP contribution >= 0.6 is 0 Å². The number of amides is 13. The van der Waals surface area contributed by atoms with Crippen LogP contribution in [0.3, 0.4) is 0 Å². The van der Waals surface area contributed by atoms with Crippen molar-refractivity contribution >= 4 is 111 Å². The molecule has 624 valence electrons. The Morgan fingerprint density at radius 1 is 0.530 bits per heavy atom. The number of nitrogens with two attached hydrogens (primary N) is 4. The first-order chi connectivity index (χ1) is 54.8. The molecule has 0 spiro atoms. The maximum Gasteiger partial charge on any atom is 0.299 e. The van der Waals surface area contributed by atoms with Crippen LogP contribution in [0.25, 0.3) is 0 Å². The van der Waals surface area contributed by atoms with Crippen molar-refractivity contribution < 1.29 is 87.5 Å². The van der Waals surface area contributed by atoms with Gasteiger partial charge in [0.25, 0.3) is 17.3 Å². The van der Waals surface area contributed by atoms with Crippen molar-refractivity contribution in [3.63, 3.8) is 0 Å². The average Bonchev–Trinajstić information content (AvgIpc) is 1.80. The van der Waals surface area contributed by atoms with Gasteiger partial charge in [0, 0.05) is 63.7 Å². The minimum Gasteiger partial charge on any atom is -0.398 e. The van der Waals surface area contributed by atoms with Crippen molar-refractivity contribution in [3.8, 4) is 0 Å². The molecule has 1 fully saturated rings. The summed E-state index contributed by atoms with van der Waals surface area (Å²) in [4.78, 5) is 203. The molecule has 115 heavy (non-hydrogen) atoms. The number of nitrogens with zero attached hydrogens (tertiary/aromatic N) is 3. The molecule has 0 aliphatic carbocycles. The molecule has 1 aliphatic rings. The first kappa shape index (κ1) is 92.4. The van der Waals surface area contributed by atoms with E-state index in [0.717, 1.165) is 23.1 Å². The standard InChI is InChI=1S/C72H101N23O20/c1-3-40(2)59(69(110)87-49(26-27-57(74)99)61(102)80-31-30-79-46-25-24-43(94(112)113)35-56(46)95(114)115)92-63(104)48(22-13-29-82-72(77)78)86-66(107)52(37-96)90-67(108)53(38-97)89-62(103)47(21-12-28-81-71(75)76)85-65(106)51(34-42-17-8-5-9-18-42)88-68(109)55-23-14-32-93(55)70(111)54(39-98)91-64(105)50(33-41-15-6-4-7-16-41)84-58(100)36-83-60(101)44-19-10-11-20-45(44)73/h4-11,15-20,24-25,35,40,47-55,59,79,96-98H,3,12-14,21-23,26-34,36-39,73H2,1-2H3,(H2,74,99)(H,80,102)(H,83,101)(H,84,100)(H,85,106)(H,86,107)(H,87,110)(H,88,109)(H,89,103)(H,90,108)(H,91,105)(H,92,104)(H4,75,76,81)(H4,77,78,82)/t40-,47-,48-,49-,50-,51-,52-,53-,54-,55-,59-/m0/s1. The van der Waals surface area contributed by atoms with Crippen LogP contribution in [0.4, 0.5) is 22.7 Å². The number of aliphatic hydroxyl groups is 3. The number of non-ortho nitro benzene ring substituents is 1. The van der Waals surface area contributed by atoms with E-state index in [1.807, 2.05) is 0 Å². The van der Waals surface area contributed by atoms with E-state index >= 15 is 0 Å². The van der Waals surface area contributed by atoms with Gasteiger partial charge in [0.05, 0.1) is 47.8 Å². The Hall–Kier alpha value is -13.2. The maximum atomic E-state index is 14.7. The smallest absolute Gasteiger partial charge is 0.299 e. The predicted octanol–water partition coefficient (Wildman–Crippen LogP) is -5.30. The first-order valence-electron chi connectivity index (χ1n) is 36.7. The van der Waals surface area contributed by atoms with Crippen LogP contribution in [0.2, 0.25) is 0 Å². The molecule has 0 bridgehead atoms. The lowest BCUT2D eigenvalue weighted by Crippen LogP contribution is -2.62. The Balaban J connectivity index is 1.30. The van der Waals surface area contributed by atoms with Gasteiger partial charge in [-0.1, -0.05) is 93.1 Å². The summed E-state index contributed by atoms with van der Waals surface area (Å²) >= 11 is 0. The minimum absolute atomic E-state index is 0.00660. The monoisotopic (exact) mass is 1610 g/mol. The van der Waals surface area contributed by atoms with Crippen LogP contribution < -0.4 is 97.4 Å². The van der Waals surface area contributed by atoms with Gasteiger partial charge in [-0.15, -0.1) is 0 Å². The third kappa shape index (κ3) is 30.4. The Morgan fingerprint density at radius 2 is 1.01 bits per heavy atom. The number of hydrogen-bond acceptors (Lipinski definition) is 24. The van der Waals surface area contributed by atoms with Gasteiger partial charge in [0.1, 0.15) is 66.1 Å². The number of anilines is 2. The highest BCUT2D eigenvalue weighted by Gasteiger charge is 2.41. The molecule has 13 amide bonds. The molecule has 0 saturated carbocycles. The lowest BCUT2D eigenvalue weighted by Gasteiger charge is -2.30. The molecule has 0 aromatic heterocycles. The van der Waals surface area contributed by atoms with E-state index in [0.29, 0.717) is 11.1 Å². The summed E-state index contributed by atoms with van der Waals surface area (Å²) in [5.41, 5.74) is 22.3. The Kier molecular flexibility index (Phi) is 38.0. The second-order valence-electron chi connectivity index (χ2n) is 26.7. The summed E-state index contributed by atoms with van der Waals surface area (Å²) in [5.74, 6) is -14.2. The molecule has 43 heteroatoms. The number of nitrogen functional groups attached to an aromatic ring is 1. The highest BCUT2D eigenvalue weighted by molar-refractivity contribution is 6.02. The molecule has 11 atom stereocenters. The van der Waals surface area contributed by atoms with Crippen LogP contribution in [-0.4, -0.2) is 238 Å². The molecule has 0 unspecified atom stereocenters. The fraction of sp³-hybridized carbons (Fsp3) is 0.458. The maximum absolute atomic E-state index is 14.7. The largest absolute Gasteiger partial charge is 0.398 e. The van der Waals surface area contributed by atoms with Crippen molar-refractivity contribution in [2.75, 3.05) is 70.1 Å². The Bertz CT molecular complexity index is 4090. The first-order valence-corrected chi connectivity index (χ1v) is 36.7. The molecule has 5 rings (SSSR count). The number of carbonyl (C=O) groups is 13. The number of primary amides is 1. The quantitative estimate of drug-likeness (QED) is 0.00490. The topological polar surface area (TPSA) is 692 Å². The van der Waals surface area contributed by atoms with Crippen molar-refractivity contribution in [1.82, 2.24) is 74.0 Å². The Morgan fingerprint density at radius 3 is 1.51 bits per heavy atom. The summed E-state index contributed by atoms with van der Waals surface area (Å²) in [5, 5.41) is 105. The number of rotatable bonds is 48. The van der Waals surface area contributed by atoms with Crippen LogP contribution in [0.1, 0.15) is 93.1 Å². The molecule has 43 nitrogen and oxygen atoms in total. The number of benzene rings is 4. The van der Waals surface area contributed by atoms with Crippen LogP contribution in [0.15, 0.2) is 103 Å². The van der Waals surface area contributed by atoms with Gasteiger partial charge in [-0.05, 0) is 80.2 Å². The van der Waals surface area contributed by atoms with E-state index in [2.05, 4.69) is 74.4 Å². The number of aliphatic hydroxyl groups excluding tert-OH is 3. The molecule has 1 aliphatic heterocycles. The summed E-state index contributed by atoms with van der Waals surface area (Å²) in [6.07, 6.45) is -1.23. The van der Waals surface area contributed by atoms with Gasteiger partial charge < -0.3 is 118 Å².